The van der Waals surface area contributed by atoms with Crippen molar-refractivity contribution < 1.29 is 17.5 Å². The summed E-state index contributed by atoms with van der Waals surface area (Å²) in [6, 6.07) is 2.52. The van der Waals surface area contributed by atoms with Crippen LogP contribution in [0.5, 0.6) is 0 Å². The minimum Gasteiger partial charge on any atom is -0.396 e. The molecule has 0 amide bonds. The number of piperidine rings is 1. The van der Waals surface area contributed by atoms with Gasteiger partial charge in [-0.3, -0.25) is 0 Å². The zero-order valence-corrected chi connectivity index (χ0v) is 13.1. The molecule has 1 aliphatic rings. The second-order valence-electron chi connectivity index (χ2n) is 5.20. The van der Waals surface area contributed by atoms with Gasteiger partial charge in [0.1, 0.15) is 5.82 Å². The summed E-state index contributed by atoms with van der Waals surface area (Å²) in [5.41, 5.74) is 5.62. The van der Waals surface area contributed by atoms with Gasteiger partial charge in [0, 0.05) is 19.7 Å². The lowest BCUT2D eigenvalue weighted by molar-refractivity contribution is 0.0290. The molecule has 2 rings (SSSR count). The van der Waals surface area contributed by atoms with Gasteiger partial charge < -0.3 is 10.5 Å². The third-order valence-corrected chi connectivity index (χ3v) is 5.57. The van der Waals surface area contributed by atoms with Crippen LogP contribution in [0.1, 0.15) is 25.3 Å². The monoisotopic (exact) mass is 316 g/mol. The molecule has 1 heterocycles. The predicted octanol–water partition coefficient (Wildman–Crippen LogP) is 1.91. The zero-order valence-electron chi connectivity index (χ0n) is 12.3. The lowest BCUT2D eigenvalue weighted by Gasteiger charge is -2.31. The van der Waals surface area contributed by atoms with Crippen LogP contribution >= 0.6 is 0 Å². The van der Waals surface area contributed by atoms with Crippen molar-refractivity contribution in [1.82, 2.24) is 4.31 Å². The summed E-state index contributed by atoms with van der Waals surface area (Å²) in [6.45, 7) is 4.87. The number of aryl methyl sites for hydroxylation is 1. The summed E-state index contributed by atoms with van der Waals surface area (Å²) < 4.78 is 45.6. The van der Waals surface area contributed by atoms with Crippen LogP contribution in [0.15, 0.2) is 17.0 Å². The molecule has 1 aliphatic heterocycles. The highest BCUT2D eigenvalue weighted by Gasteiger charge is 2.30. The topological polar surface area (TPSA) is 72.6 Å². The SMILES string of the molecule is CCOC1CCN(S(=O)(=O)c2cc(C)c(F)c(N)c2)CC1. The van der Waals surface area contributed by atoms with Crippen molar-refractivity contribution >= 4 is 15.7 Å². The maximum atomic E-state index is 13.5. The summed E-state index contributed by atoms with van der Waals surface area (Å²) in [6.07, 6.45) is 1.45. The number of rotatable bonds is 4. The molecular weight excluding hydrogens is 295 g/mol. The fourth-order valence-electron chi connectivity index (χ4n) is 2.54. The number of hydrogen-bond donors (Lipinski definition) is 1. The second kappa shape index (κ2) is 6.29. The van der Waals surface area contributed by atoms with Crippen LogP contribution < -0.4 is 5.73 Å². The Morgan fingerprint density at radius 1 is 1.38 bits per heavy atom. The van der Waals surface area contributed by atoms with Crippen molar-refractivity contribution in [3.8, 4) is 0 Å². The first-order valence-corrected chi connectivity index (χ1v) is 8.47. The number of hydrogen-bond acceptors (Lipinski definition) is 4. The molecule has 1 fully saturated rings. The Balaban J connectivity index is 2.20. The lowest BCUT2D eigenvalue weighted by atomic mass is 10.1. The molecule has 1 aromatic carbocycles. The van der Waals surface area contributed by atoms with Gasteiger partial charge in [-0.2, -0.15) is 4.31 Å². The molecule has 0 bridgehead atoms. The zero-order chi connectivity index (χ0) is 15.6. The number of anilines is 1. The quantitative estimate of drug-likeness (QED) is 0.861. The van der Waals surface area contributed by atoms with E-state index in [-0.39, 0.29) is 22.3 Å². The van der Waals surface area contributed by atoms with Crippen LogP contribution in [0, 0.1) is 12.7 Å². The van der Waals surface area contributed by atoms with Crippen LogP contribution in [0.3, 0.4) is 0 Å². The highest BCUT2D eigenvalue weighted by Crippen LogP contribution is 2.26. The number of nitrogens with two attached hydrogens (primary N) is 1. The number of nitrogens with zero attached hydrogens (tertiary/aromatic N) is 1. The van der Waals surface area contributed by atoms with Crippen molar-refractivity contribution in [2.24, 2.45) is 0 Å². The standard InChI is InChI=1S/C14H21FN2O3S/c1-3-20-11-4-6-17(7-5-11)21(18,19)12-8-10(2)14(15)13(16)9-12/h8-9,11H,3-7,16H2,1-2H3. The van der Waals surface area contributed by atoms with Gasteiger partial charge in [-0.15, -0.1) is 0 Å². The smallest absolute Gasteiger partial charge is 0.243 e. The van der Waals surface area contributed by atoms with Crippen molar-refractivity contribution in [1.29, 1.82) is 0 Å². The Morgan fingerprint density at radius 2 is 2.00 bits per heavy atom. The molecule has 118 valence electrons. The number of sulfonamides is 1. The van der Waals surface area contributed by atoms with Gasteiger partial charge >= 0.3 is 0 Å². The van der Waals surface area contributed by atoms with E-state index < -0.39 is 15.8 Å². The summed E-state index contributed by atoms with van der Waals surface area (Å²) in [5.74, 6) is -0.566. The van der Waals surface area contributed by atoms with Crippen LogP contribution in [0.25, 0.3) is 0 Å². The highest BCUT2D eigenvalue weighted by atomic mass is 32.2. The largest absolute Gasteiger partial charge is 0.396 e. The fourth-order valence-corrected chi connectivity index (χ4v) is 4.13. The van der Waals surface area contributed by atoms with Gasteiger partial charge in [-0.1, -0.05) is 0 Å². The number of benzene rings is 1. The minimum atomic E-state index is -3.63. The van der Waals surface area contributed by atoms with E-state index in [0.29, 0.717) is 32.5 Å². The van der Waals surface area contributed by atoms with Gasteiger partial charge in [0.15, 0.2) is 0 Å². The van der Waals surface area contributed by atoms with Gasteiger partial charge in [-0.05, 0) is 44.4 Å². The number of ether oxygens (including phenoxy) is 1. The molecule has 0 aliphatic carbocycles. The molecule has 0 radical (unpaired) electrons. The Labute approximate surface area is 124 Å². The van der Waals surface area contributed by atoms with E-state index in [1.165, 1.54) is 23.4 Å². The van der Waals surface area contributed by atoms with E-state index in [1.807, 2.05) is 6.92 Å². The third kappa shape index (κ3) is 3.36. The Morgan fingerprint density at radius 3 is 2.52 bits per heavy atom. The van der Waals surface area contributed by atoms with E-state index in [1.54, 1.807) is 0 Å². The predicted molar refractivity (Wildman–Crippen MR) is 79.0 cm³/mol. The van der Waals surface area contributed by atoms with E-state index in [2.05, 4.69) is 0 Å². The molecule has 7 heteroatoms. The van der Waals surface area contributed by atoms with Crippen LogP contribution in [-0.2, 0) is 14.8 Å². The lowest BCUT2D eigenvalue weighted by Crippen LogP contribution is -2.40. The number of halogens is 1. The summed E-state index contributed by atoms with van der Waals surface area (Å²) in [4.78, 5) is 0.0498. The maximum Gasteiger partial charge on any atom is 0.243 e. The average Bonchev–Trinajstić information content (AvgIpc) is 2.45. The molecule has 0 atom stereocenters. The molecule has 21 heavy (non-hydrogen) atoms. The molecule has 2 N–H and O–H groups in total. The average molecular weight is 316 g/mol. The Kier molecular flexibility index (Phi) is 4.85. The molecule has 5 nitrogen and oxygen atoms in total. The van der Waals surface area contributed by atoms with Gasteiger partial charge in [0.2, 0.25) is 10.0 Å². The van der Waals surface area contributed by atoms with Gasteiger partial charge in [0.25, 0.3) is 0 Å². The molecule has 0 spiro atoms. The molecule has 1 saturated heterocycles. The summed E-state index contributed by atoms with van der Waals surface area (Å²) >= 11 is 0. The van der Waals surface area contributed by atoms with E-state index in [9.17, 15) is 12.8 Å². The summed E-state index contributed by atoms with van der Waals surface area (Å²) in [5, 5.41) is 0. The van der Waals surface area contributed by atoms with Crippen LogP contribution in [-0.4, -0.2) is 38.5 Å². The highest BCUT2D eigenvalue weighted by molar-refractivity contribution is 7.89. The first-order chi connectivity index (χ1) is 9.86. The fraction of sp³-hybridized carbons (Fsp3) is 0.571. The first kappa shape index (κ1) is 16.2. The third-order valence-electron chi connectivity index (χ3n) is 3.70. The van der Waals surface area contributed by atoms with Crippen molar-refractivity contribution in [2.45, 2.75) is 37.7 Å². The second-order valence-corrected chi connectivity index (χ2v) is 7.14. The van der Waals surface area contributed by atoms with Crippen LogP contribution in [0.2, 0.25) is 0 Å². The van der Waals surface area contributed by atoms with Gasteiger partial charge in [0.05, 0.1) is 16.7 Å². The van der Waals surface area contributed by atoms with E-state index >= 15 is 0 Å². The number of nitrogen functional groups attached to an aromatic ring is 1. The Bertz CT molecular complexity index is 588. The van der Waals surface area contributed by atoms with Crippen molar-refractivity contribution in [2.75, 3.05) is 25.4 Å². The molecule has 0 saturated carbocycles. The molecular formula is C14H21FN2O3S. The van der Waals surface area contributed by atoms with Crippen LogP contribution in [0.4, 0.5) is 10.1 Å². The molecule has 1 aromatic rings. The molecule has 0 unspecified atom stereocenters. The summed E-state index contributed by atoms with van der Waals surface area (Å²) in [7, 11) is -3.63. The van der Waals surface area contributed by atoms with Crippen molar-refractivity contribution in [3.63, 3.8) is 0 Å². The Hall–Kier alpha value is -1.18. The van der Waals surface area contributed by atoms with E-state index in [4.69, 9.17) is 10.5 Å². The van der Waals surface area contributed by atoms with E-state index in [0.717, 1.165) is 0 Å². The first-order valence-electron chi connectivity index (χ1n) is 7.03. The minimum absolute atomic E-state index is 0.0498. The molecule has 0 aromatic heterocycles. The van der Waals surface area contributed by atoms with Crippen molar-refractivity contribution in [3.05, 3.63) is 23.5 Å². The normalized spacial score (nSPS) is 18.0. The maximum absolute atomic E-state index is 13.5. The van der Waals surface area contributed by atoms with Gasteiger partial charge in [-0.25, -0.2) is 12.8 Å².